The second-order valence-electron chi connectivity index (χ2n) is 3.17. The van der Waals surface area contributed by atoms with E-state index in [1.807, 2.05) is 41.8 Å². The van der Waals surface area contributed by atoms with E-state index in [0.717, 1.165) is 5.56 Å². The largest absolute Gasteiger partial charge is 0.287 e. The van der Waals surface area contributed by atoms with Gasteiger partial charge in [-0.3, -0.25) is 10.1 Å². The number of hydrogen-bond donors (Lipinski definition) is 0. The maximum Gasteiger partial charge on any atom is 0.287 e. The molecule has 0 spiro atoms. The minimum Gasteiger partial charge on any atom is -0.258 e. The summed E-state index contributed by atoms with van der Waals surface area (Å²) in [7, 11) is 0. The number of benzene rings is 1. The molecule has 1 heterocycles. The Balaban J connectivity index is 2.42. The number of hydrogen-bond acceptors (Lipinski definition) is 3. The molecule has 0 radical (unpaired) electrons. The summed E-state index contributed by atoms with van der Waals surface area (Å²) >= 11 is 1.37. The Labute approximate surface area is 96.8 Å². The molecule has 0 aliphatic heterocycles. The van der Waals surface area contributed by atoms with Crippen molar-refractivity contribution < 1.29 is 4.92 Å². The predicted molar refractivity (Wildman–Crippen MR) is 65.6 cm³/mol. The minimum absolute atomic E-state index is 0.140. The van der Waals surface area contributed by atoms with E-state index in [1.165, 1.54) is 11.3 Å². The van der Waals surface area contributed by atoms with E-state index < -0.39 is 0 Å². The first kappa shape index (κ1) is 10.6. The molecule has 0 amide bonds. The van der Waals surface area contributed by atoms with Crippen molar-refractivity contribution in [3.63, 3.8) is 0 Å². The van der Waals surface area contributed by atoms with Crippen LogP contribution in [0.3, 0.4) is 0 Å². The topological polar surface area (TPSA) is 43.1 Å². The van der Waals surface area contributed by atoms with E-state index in [1.54, 1.807) is 12.1 Å². The van der Waals surface area contributed by atoms with Gasteiger partial charge in [-0.05, 0) is 17.0 Å². The highest BCUT2D eigenvalue weighted by Gasteiger charge is 2.14. The van der Waals surface area contributed by atoms with Gasteiger partial charge in [0.15, 0.2) is 0 Å². The van der Waals surface area contributed by atoms with E-state index in [9.17, 15) is 10.1 Å². The first-order valence-corrected chi connectivity index (χ1v) is 5.60. The summed E-state index contributed by atoms with van der Waals surface area (Å²) in [6, 6.07) is 12.8. The lowest BCUT2D eigenvalue weighted by Gasteiger charge is -1.95. The van der Waals surface area contributed by atoms with Crippen molar-refractivity contribution in [1.29, 1.82) is 0 Å². The zero-order chi connectivity index (χ0) is 11.4. The molecule has 0 N–H and O–H groups in total. The second kappa shape index (κ2) is 4.72. The minimum atomic E-state index is -0.348. The highest BCUT2D eigenvalue weighted by molar-refractivity contribution is 7.11. The summed E-state index contributed by atoms with van der Waals surface area (Å²) in [6.07, 6.45) is 1.59. The molecular weight excluding hydrogens is 222 g/mol. The molecule has 2 rings (SSSR count). The van der Waals surface area contributed by atoms with Gasteiger partial charge in [0.1, 0.15) is 4.88 Å². The van der Waals surface area contributed by atoms with E-state index in [-0.39, 0.29) is 10.6 Å². The third kappa shape index (κ3) is 2.35. The van der Waals surface area contributed by atoms with Crippen molar-refractivity contribution in [3.05, 3.63) is 68.4 Å². The van der Waals surface area contributed by atoms with E-state index in [2.05, 4.69) is 0 Å². The van der Waals surface area contributed by atoms with E-state index >= 15 is 0 Å². The molecule has 0 saturated heterocycles. The zero-order valence-corrected chi connectivity index (χ0v) is 9.18. The average molecular weight is 231 g/mol. The molecule has 1 aromatic carbocycles. The van der Waals surface area contributed by atoms with Crippen LogP contribution in [0.15, 0.2) is 47.8 Å². The van der Waals surface area contributed by atoms with Crippen LogP contribution in [-0.4, -0.2) is 4.92 Å². The summed E-state index contributed by atoms with van der Waals surface area (Å²) in [5, 5.41) is 12.8. The fraction of sp³-hybridized carbons (Fsp3) is 0. The van der Waals surface area contributed by atoms with Crippen molar-refractivity contribution in [2.45, 2.75) is 0 Å². The standard InChI is InChI=1S/C12H9NO2S/c14-13(15)11(12-7-4-8-16-12)9-10-5-2-1-3-6-10/h1-9H/b11-9-. The van der Waals surface area contributed by atoms with Gasteiger partial charge >= 0.3 is 0 Å². The van der Waals surface area contributed by atoms with Gasteiger partial charge in [-0.2, -0.15) is 0 Å². The van der Waals surface area contributed by atoms with E-state index in [0.29, 0.717) is 4.88 Å². The Kier molecular flexibility index (Phi) is 3.12. The quantitative estimate of drug-likeness (QED) is 0.599. The van der Waals surface area contributed by atoms with Gasteiger partial charge in [0.2, 0.25) is 0 Å². The Bertz CT molecular complexity index is 503. The molecule has 3 nitrogen and oxygen atoms in total. The summed E-state index contributed by atoms with van der Waals surface area (Å²) in [5.74, 6) is 0. The molecule has 0 aliphatic carbocycles. The highest BCUT2D eigenvalue weighted by atomic mass is 32.1. The number of nitrogens with zero attached hydrogens (tertiary/aromatic N) is 1. The van der Waals surface area contributed by atoms with Gasteiger partial charge in [-0.15, -0.1) is 11.3 Å². The molecule has 0 atom stereocenters. The molecule has 16 heavy (non-hydrogen) atoms. The lowest BCUT2D eigenvalue weighted by Crippen LogP contribution is -1.95. The summed E-state index contributed by atoms with van der Waals surface area (Å²) in [5.41, 5.74) is 0.976. The molecule has 0 unspecified atom stereocenters. The summed E-state index contributed by atoms with van der Waals surface area (Å²) < 4.78 is 0. The van der Waals surface area contributed by atoms with Gasteiger partial charge in [-0.1, -0.05) is 36.4 Å². The summed E-state index contributed by atoms with van der Waals surface area (Å²) in [4.78, 5) is 11.3. The smallest absolute Gasteiger partial charge is 0.258 e. The first-order valence-electron chi connectivity index (χ1n) is 4.72. The molecule has 2 aromatic rings. The predicted octanol–water partition coefficient (Wildman–Crippen LogP) is 3.52. The van der Waals surface area contributed by atoms with Crippen LogP contribution in [-0.2, 0) is 0 Å². The van der Waals surface area contributed by atoms with Crippen LogP contribution in [0.5, 0.6) is 0 Å². The van der Waals surface area contributed by atoms with Crippen LogP contribution in [0.25, 0.3) is 11.8 Å². The molecule has 80 valence electrons. The molecule has 0 aliphatic rings. The molecule has 4 heteroatoms. The van der Waals surface area contributed by atoms with Crippen LogP contribution in [0.1, 0.15) is 10.4 Å². The molecular formula is C12H9NO2S. The van der Waals surface area contributed by atoms with Crippen molar-refractivity contribution in [2.75, 3.05) is 0 Å². The van der Waals surface area contributed by atoms with Crippen LogP contribution in [0.4, 0.5) is 0 Å². The van der Waals surface area contributed by atoms with E-state index in [4.69, 9.17) is 0 Å². The lowest BCUT2D eigenvalue weighted by molar-refractivity contribution is -0.373. The average Bonchev–Trinajstić information content (AvgIpc) is 2.80. The van der Waals surface area contributed by atoms with Crippen LogP contribution < -0.4 is 0 Å². The van der Waals surface area contributed by atoms with Crippen LogP contribution in [0, 0.1) is 10.1 Å². The van der Waals surface area contributed by atoms with Crippen molar-refractivity contribution in [2.24, 2.45) is 0 Å². The number of thiophene rings is 1. The molecule has 0 fully saturated rings. The fourth-order valence-electron chi connectivity index (χ4n) is 1.35. The van der Waals surface area contributed by atoms with Gasteiger partial charge in [-0.25, -0.2) is 0 Å². The molecule has 0 bridgehead atoms. The molecule has 1 aromatic heterocycles. The fourth-order valence-corrected chi connectivity index (χ4v) is 2.06. The second-order valence-corrected chi connectivity index (χ2v) is 4.12. The lowest BCUT2D eigenvalue weighted by atomic mass is 10.2. The van der Waals surface area contributed by atoms with Crippen molar-refractivity contribution in [3.8, 4) is 0 Å². The zero-order valence-electron chi connectivity index (χ0n) is 8.37. The SMILES string of the molecule is O=[N+]([O-])/C(=C\c1ccccc1)c1cccs1. The Morgan fingerprint density at radius 2 is 1.94 bits per heavy atom. The normalized spacial score (nSPS) is 11.4. The van der Waals surface area contributed by atoms with Crippen LogP contribution >= 0.6 is 11.3 Å². The molecule has 0 saturated carbocycles. The Morgan fingerprint density at radius 1 is 1.19 bits per heavy atom. The Morgan fingerprint density at radius 3 is 2.50 bits per heavy atom. The highest BCUT2D eigenvalue weighted by Crippen LogP contribution is 2.23. The number of nitro groups is 1. The van der Waals surface area contributed by atoms with Gasteiger partial charge in [0.25, 0.3) is 5.70 Å². The van der Waals surface area contributed by atoms with Gasteiger partial charge < -0.3 is 0 Å². The maximum absolute atomic E-state index is 10.9. The first-order chi connectivity index (χ1) is 7.77. The van der Waals surface area contributed by atoms with Gasteiger partial charge in [0, 0.05) is 6.08 Å². The number of rotatable bonds is 3. The third-order valence-electron chi connectivity index (χ3n) is 2.07. The maximum atomic E-state index is 10.9. The summed E-state index contributed by atoms with van der Waals surface area (Å²) in [6.45, 7) is 0. The third-order valence-corrected chi connectivity index (χ3v) is 2.97. The Hall–Kier alpha value is -1.94. The van der Waals surface area contributed by atoms with Crippen molar-refractivity contribution >= 4 is 23.1 Å². The van der Waals surface area contributed by atoms with Crippen LogP contribution in [0.2, 0.25) is 0 Å². The monoisotopic (exact) mass is 231 g/mol. The van der Waals surface area contributed by atoms with Crippen molar-refractivity contribution in [1.82, 2.24) is 0 Å². The van der Waals surface area contributed by atoms with Gasteiger partial charge in [0.05, 0.1) is 4.92 Å².